The van der Waals surface area contributed by atoms with Crippen LogP contribution >= 0.6 is 0 Å². The molecule has 2 N–H and O–H groups in total. The number of cyclic esters (lactones) is 1. The van der Waals surface area contributed by atoms with E-state index in [0.29, 0.717) is 0 Å². The van der Waals surface area contributed by atoms with Gasteiger partial charge in [0.2, 0.25) is 0 Å². The molecule has 110 valence electrons. The van der Waals surface area contributed by atoms with Crippen LogP contribution in [0.1, 0.15) is 41.5 Å². The van der Waals surface area contributed by atoms with Gasteiger partial charge in [0.1, 0.15) is 17.8 Å². The lowest BCUT2D eigenvalue weighted by atomic mass is 9.67. The van der Waals surface area contributed by atoms with Crippen molar-refractivity contribution in [3.63, 3.8) is 0 Å². The first-order chi connectivity index (χ1) is 8.39. The second-order valence-electron chi connectivity index (χ2n) is 6.94. The van der Waals surface area contributed by atoms with Gasteiger partial charge in [-0.2, -0.15) is 0 Å². The quantitative estimate of drug-likeness (QED) is 0.746. The molecule has 1 heterocycles. The maximum atomic E-state index is 12.0. The van der Waals surface area contributed by atoms with Gasteiger partial charge in [0.15, 0.2) is 5.78 Å². The second kappa shape index (κ2) is 4.87. The molecule has 0 saturated carbocycles. The number of carbonyl (C=O) groups excluding carboxylic acids is 2. The van der Waals surface area contributed by atoms with E-state index in [-0.39, 0.29) is 0 Å². The van der Waals surface area contributed by atoms with Crippen molar-refractivity contribution in [2.45, 2.75) is 59.4 Å². The summed E-state index contributed by atoms with van der Waals surface area (Å²) in [5.41, 5.74) is -1.52. The number of rotatable bonds is 3. The first-order valence-corrected chi connectivity index (χ1v) is 6.49. The third-order valence-corrected chi connectivity index (χ3v) is 3.83. The maximum Gasteiger partial charge on any atom is 0.312 e. The van der Waals surface area contributed by atoms with Crippen molar-refractivity contribution in [2.75, 3.05) is 0 Å². The van der Waals surface area contributed by atoms with Gasteiger partial charge in [0, 0.05) is 5.92 Å². The number of hydrogen-bond donors (Lipinski definition) is 2. The molecule has 0 amide bonds. The van der Waals surface area contributed by atoms with E-state index in [2.05, 4.69) is 0 Å². The maximum absolute atomic E-state index is 12.0. The van der Waals surface area contributed by atoms with Crippen LogP contribution in [0.25, 0.3) is 0 Å². The number of ether oxygens (including phenoxy) is 1. The van der Waals surface area contributed by atoms with Gasteiger partial charge >= 0.3 is 5.97 Å². The summed E-state index contributed by atoms with van der Waals surface area (Å²) in [5, 5.41) is 20.4. The molecule has 19 heavy (non-hydrogen) atoms. The molecule has 1 aliphatic heterocycles. The highest BCUT2D eigenvalue weighted by atomic mass is 16.6. The van der Waals surface area contributed by atoms with E-state index in [1.807, 2.05) is 20.8 Å². The predicted molar refractivity (Wildman–Crippen MR) is 69.3 cm³/mol. The zero-order valence-corrected chi connectivity index (χ0v) is 12.4. The Labute approximate surface area is 114 Å². The van der Waals surface area contributed by atoms with E-state index >= 15 is 0 Å². The molecule has 0 aromatic rings. The lowest BCUT2D eigenvalue weighted by Crippen LogP contribution is -2.48. The van der Waals surface area contributed by atoms with Crippen molar-refractivity contribution in [3.05, 3.63) is 0 Å². The van der Waals surface area contributed by atoms with Crippen molar-refractivity contribution in [2.24, 2.45) is 17.3 Å². The fraction of sp³-hybridized carbons (Fsp3) is 0.857. The van der Waals surface area contributed by atoms with Crippen LogP contribution in [0, 0.1) is 17.3 Å². The highest BCUT2D eigenvalue weighted by Gasteiger charge is 2.56. The SMILES string of the molecule is CC(=O)[C@@H](O)[C@H](C1C(=O)OC(C)(C)C1O)C(C)(C)C. The summed E-state index contributed by atoms with van der Waals surface area (Å²) in [7, 11) is 0. The highest BCUT2D eigenvalue weighted by molar-refractivity contribution is 5.83. The van der Waals surface area contributed by atoms with Crippen molar-refractivity contribution < 1.29 is 24.5 Å². The Morgan fingerprint density at radius 3 is 2.11 bits per heavy atom. The Morgan fingerprint density at radius 2 is 1.84 bits per heavy atom. The average Bonchev–Trinajstić information content (AvgIpc) is 2.38. The van der Waals surface area contributed by atoms with Crippen LogP contribution in [0.5, 0.6) is 0 Å². The number of esters is 1. The molecule has 2 unspecified atom stereocenters. The second-order valence-corrected chi connectivity index (χ2v) is 6.94. The number of hydrogen-bond acceptors (Lipinski definition) is 5. The molecule has 1 fully saturated rings. The molecule has 1 saturated heterocycles. The van der Waals surface area contributed by atoms with Gasteiger partial charge in [-0.3, -0.25) is 9.59 Å². The summed E-state index contributed by atoms with van der Waals surface area (Å²) >= 11 is 0. The molecular formula is C14H24O5. The number of ketones is 1. The lowest BCUT2D eigenvalue weighted by Gasteiger charge is -2.37. The predicted octanol–water partition coefficient (Wildman–Crippen LogP) is 0.911. The minimum atomic E-state index is -1.29. The molecule has 4 atom stereocenters. The first kappa shape index (κ1) is 16.1. The summed E-state index contributed by atoms with van der Waals surface area (Å²) in [6, 6.07) is 0. The van der Waals surface area contributed by atoms with Crippen LogP contribution in [0.3, 0.4) is 0 Å². The molecule has 0 bridgehead atoms. The Hall–Kier alpha value is -0.940. The van der Waals surface area contributed by atoms with E-state index in [0.717, 1.165) is 0 Å². The Balaban J connectivity index is 3.20. The fourth-order valence-corrected chi connectivity index (χ4v) is 2.75. The van der Waals surface area contributed by atoms with Gasteiger partial charge in [0.05, 0.1) is 5.92 Å². The molecule has 1 aliphatic rings. The number of aliphatic hydroxyl groups excluding tert-OH is 2. The van der Waals surface area contributed by atoms with Gasteiger partial charge < -0.3 is 14.9 Å². The summed E-state index contributed by atoms with van der Waals surface area (Å²) in [6.45, 7) is 10.0. The van der Waals surface area contributed by atoms with E-state index in [4.69, 9.17) is 4.74 Å². The standard InChI is InChI=1S/C14H24O5/c1-7(15)10(16)9(13(2,3)4)8-11(17)14(5,6)19-12(8)18/h8-11,16-17H,1-6H3/t8?,9-,10+,11?/m0/s1. The molecule has 5 nitrogen and oxygen atoms in total. The van der Waals surface area contributed by atoms with Crippen LogP contribution in [-0.2, 0) is 14.3 Å². The average molecular weight is 272 g/mol. The van der Waals surface area contributed by atoms with Gasteiger partial charge in [-0.25, -0.2) is 0 Å². The molecule has 0 aliphatic carbocycles. The van der Waals surface area contributed by atoms with Crippen molar-refractivity contribution in [1.29, 1.82) is 0 Å². The van der Waals surface area contributed by atoms with Crippen LogP contribution in [-0.4, -0.2) is 39.8 Å². The lowest BCUT2D eigenvalue weighted by molar-refractivity contribution is -0.153. The van der Waals surface area contributed by atoms with Crippen molar-refractivity contribution in [1.82, 2.24) is 0 Å². The molecule has 0 aromatic carbocycles. The zero-order chi connectivity index (χ0) is 15.2. The van der Waals surface area contributed by atoms with E-state index in [9.17, 15) is 19.8 Å². The van der Waals surface area contributed by atoms with Crippen molar-refractivity contribution in [3.8, 4) is 0 Å². The third kappa shape index (κ3) is 2.98. The highest BCUT2D eigenvalue weighted by Crippen LogP contribution is 2.44. The number of Topliss-reactive ketones (excluding diaryl/α,β-unsaturated/α-hetero) is 1. The third-order valence-electron chi connectivity index (χ3n) is 3.83. The Bertz CT molecular complexity index is 380. The van der Waals surface area contributed by atoms with Gasteiger partial charge in [-0.1, -0.05) is 20.8 Å². The Kier molecular flexibility index (Phi) is 4.13. The van der Waals surface area contributed by atoms with E-state index in [1.165, 1.54) is 6.92 Å². The molecule has 0 radical (unpaired) electrons. The van der Waals surface area contributed by atoms with Crippen molar-refractivity contribution >= 4 is 11.8 Å². The minimum Gasteiger partial charge on any atom is -0.457 e. The number of carbonyl (C=O) groups is 2. The van der Waals surface area contributed by atoms with Crippen LogP contribution in [0.4, 0.5) is 0 Å². The van der Waals surface area contributed by atoms with Gasteiger partial charge in [-0.05, 0) is 26.2 Å². The van der Waals surface area contributed by atoms with Gasteiger partial charge in [-0.15, -0.1) is 0 Å². The first-order valence-electron chi connectivity index (χ1n) is 6.49. The topological polar surface area (TPSA) is 83.8 Å². The molecular weight excluding hydrogens is 248 g/mol. The largest absolute Gasteiger partial charge is 0.457 e. The zero-order valence-electron chi connectivity index (χ0n) is 12.4. The molecule has 5 heteroatoms. The summed E-state index contributed by atoms with van der Waals surface area (Å²) in [4.78, 5) is 23.5. The normalized spacial score (nSPS) is 29.8. The smallest absolute Gasteiger partial charge is 0.312 e. The number of aliphatic hydroxyl groups is 2. The summed E-state index contributed by atoms with van der Waals surface area (Å²) < 4.78 is 5.17. The summed E-state index contributed by atoms with van der Waals surface area (Å²) in [6.07, 6.45) is -2.33. The van der Waals surface area contributed by atoms with E-state index in [1.54, 1.807) is 13.8 Å². The van der Waals surface area contributed by atoms with Crippen LogP contribution in [0.2, 0.25) is 0 Å². The van der Waals surface area contributed by atoms with Crippen LogP contribution < -0.4 is 0 Å². The molecule has 0 aromatic heterocycles. The fourth-order valence-electron chi connectivity index (χ4n) is 2.75. The van der Waals surface area contributed by atoms with Gasteiger partial charge in [0.25, 0.3) is 0 Å². The monoisotopic (exact) mass is 272 g/mol. The molecule has 0 spiro atoms. The van der Waals surface area contributed by atoms with E-state index < -0.39 is 46.8 Å². The Morgan fingerprint density at radius 1 is 1.37 bits per heavy atom. The summed E-state index contributed by atoms with van der Waals surface area (Å²) in [5.74, 6) is -2.55. The minimum absolute atomic E-state index is 0.412. The molecule has 1 rings (SSSR count). The van der Waals surface area contributed by atoms with Crippen LogP contribution in [0.15, 0.2) is 0 Å².